The molecule has 0 spiro atoms. The van der Waals surface area contributed by atoms with Crippen molar-refractivity contribution in [3.05, 3.63) is 88.7 Å². The molecular formula is C22H18ClFN2O2. The molecule has 0 fully saturated rings. The van der Waals surface area contributed by atoms with Crippen molar-refractivity contribution in [2.75, 3.05) is 16.8 Å². The van der Waals surface area contributed by atoms with Crippen molar-refractivity contribution in [3.63, 3.8) is 0 Å². The second kappa shape index (κ2) is 7.52. The Morgan fingerprint density at radius 3 is 2.57 bits per heavy atom. The van der Waals surface area contributed by atoms with Gasteiger partial charge < -0.3 is 10.1 Å². The second-order valence-corrected chi connectivity index (χ2v) is 6.77. The minimum atomic E-state index is -0.488. The van der Waals surface area contributed by atoms with Gasteiger partial charge >= 0.3 is 0 Å². The molecule has 28 heavy (non-hydrogen) atoms. The predicted octanol–water partition coefficient (Wildman–Crippen LogP) is 5.65. The highest BCUT2D eigenvalue weighted by atomic mass is 35.5. The Hall–Kier alpha value is -3.05. The molecule has 4 nitrogen and oxygen atoms in total. The standard InChI is InChI=1S/C22H18ClFN2O2/c1-2-28-16-10-8-15(9-11-16)26-21(17-5-3-4-6-18(17)22(26)27)25-14-7-12-20(24)19(23)13-14/h3-13,21,25H,2H2,1H3. The molecular weight excluding hydrogens is 379 g/mol. The van der Waals surface area contributed by atoms with Crippen LogP contribution < -0.4 is 15.0 Å². The van der Waals surface area contributed by atoms with Crippen LogP contribution in [0.25, 0.3) is 0 Å². The van der Waals surface area contributed by atoms with Crippen LogP contribution in [0.3, 0.4) is 0 Å². The molecule has 1 atom stereocenters. The summed E-state index contributed by atoms with van der Waals surface area (Å²) in [5, 5.41) is 3.33. The zero-order valence-electron chi connectivity index (χ0n) is 15.2. The lowest BCUT2D eigenvalue weighted by Crippen LogP contribution is -2.32. The molecule has 1 heterocycles. The van der Waals surface area contributed by atoms with Crippen LogP contribution in [0, 0.1) is 5.82 Å². The monoisotopic (exact) mass is 396 g/mol. The van der Waals surface area contributed by atoms with Gasteiger partial charge in [-0.15, -0.1) is 0 Å². The molecule has 3 aromatic carbocycles. The van der Waals surface area contributed by atoms with Gasteiger partial charge in [0.15, 0.2) is 0 Å². The van der Waals surface area contributed by atoms with Crippen molar-refractivity contribution >= 4 is 28.9 Å². The van der Waals surface area contributed by atoms with Crippen molar-refractivity contribution < 1.29 is 13.9 Å². The molecule has 1 aliphatic heterocycles. The summed E-state index contributed by atoms with van der Waals surface area (Å²) in [6, 6.07) is 19.2. The number of halogens is 2. The molecule has 1 unspecified atom stereocenters. The number of hydrogen-bond donors (Lipinski definition) is 1. The zero-order chi connectivity index (χ0) is 19.7. The fourth-order valence-corrected chi connectivity index (χ4v) is 3.52. The van der Waals surface area contributed by atoms with Crippen molar-refractivity contribution in [3.8, 4) is 5.75 Å². The van der Waals surface area contributed by atoms with Gasteiger partial charge in [-0.2, -0.15) is 0 Å². The molecule has 6 heteroatoms. The predicted molar refractivity (Wildman–Crippen MR) is 109 cm³/mol. The van der Waals surface area contributed by atoms with Crippen LogP contribution in [0.4, 0.5) is 15.8 Å². The van der Waals surface area contributed by atoms with Crippen molar-refractivity contribution in [2.24, 2.45) is 0 Å². The van der Waals surface area contributed by atoms with Gasteiger partial charge in [-0.05, 0) is 55.5 Å². The van der Waals surface area contributed by atoms with Crippen LogP contribution in [0.1, 0.15) is 29.0 Å². The Morgan fingerprint density at radius 2 is 1.86 bits per heavy atom. The average molecular weight is 397 g/mol. The number of nitrogens with one attached hydrogen (secondary N) is 1. The third kappa shape index (κ3) is 3.29. The average Bonchev–Trinajstić information content (AvgIpc) is 2.98. The van der Waals surface area contributed by atoms with Crippen molar-refractivity contribution in [1.29, 1.82) is 0 Å². The van der Waals surface area contributed by atoms with Crippen LogP contribution in [-0.2, 0) is 0 Å². The van der Waals surface area contributed by atoms with Crippen LogP contribution in [0.2, 0.25) is 5.02 Å². The van der Waals surface area contributed by atoms with Crippen LogP contribution in [0.5, 0.6) is 5.75 Å². The number of ether oxygens (including phenoxy) is 1. The smallest absolute Gasteiger partial charge is 0.260 e. The van der Waals surface area contributed by atoms with Gasteiger partial charge in [0.2, 0.25) is 0 Å². The number of anilines is 2. The summed E-state index contributed by atoms with van der Waals surface area (Å²) in [5.41, 5.74) is 2.83. The molecule has 0 saturated heterocycles. The zero-order valence-corrected chi connectivity index (χ0v) is 15.9. The van der Waals surface area contributed by atoms with E-state index in [1.54, 1.807) is 17.0 Å². The van der Waals surface area contributed by atoms with Gasteiger partial charge in [0.05, 0.1) is 11.6 Å². The summed E-state index contributed by atoms with van der Waals surface area (Å²) < 4.78 is 19.0. The van der Waals surface area contributed by atoms with E-state index in [4.69, 9.17) is 16.3 Å². The molecule has 1 amide bonds. The quantitative estimate of drug-likeness (QED) is 0.606. The molecule has 1 aliphatic rings. The van der Waals surface area contributed by atoms with E-state index in [-0.39, 0.29) is 10.9 Å². The first kappa shape index (κ1) is 18.3. The van der Waals surface area contributed by atoms with E-state index >= 15 is 0 Å². The van der Waals surface area contributed by atoms with Gasteiger partial charge in [-0.3, -0.25) is 9.69 Å². The molecule has 142 valence electrons. The summed E-state index contributed by atoms with van der Waals surface area (Å²) >= 11 is 5.92. The topological polar surface area (TPSA) is 41.6 Å². The molecule has 4 rings (SSSR count). The fraction of sp³-hybridized carbons (Fsp3) is 0.136. The van der Waals surface area contributed by atoms with E-state index in [1.807, 2.05) is 49.4 Å². The summed E-state index contributed by atoms with van der Waals surface area (Å²) in [7, 11) is 0. The third-order valence-corrected chi connectivity index (χ3v) is 4.90. The van der Waals surface area contributed by atoms with E-state index in [1.165, 1.54) is 12.1 Å². The van der Waals surface area contributed by atoms with E-state index in [0.717, 1.165) is 17.0 Å². The van der Waals surface area contributed by atoms with Gasteiger partial charge in [-0.25, -0.2) is 4.39 Å². The highest BCUT2D eigenvalue weighted by molar-refractivity contribution is 6.31. The van der Waals surface area contributed by atoms with E-state index in [2.05, 4.69) is 5.32 Å². The van der Waals surface area contributed by atoms with E-state index in [0.29, 0.717) is 17.9 Å². The largest absolute Gasteiger partial charge is 0.494 e. The first-order valence-electron chi connectivity index (χ1n) is 8.95. The number of carbonyl (C=O) groups excluding carboxylic acids is 1. The van der Waals surface area contributed by atoms with E-state index < -0.39 is 12.0 Å². The van der Waals surface area contributed by atoms with Crippen LogP contribution >= 0.6 is 11.6 Å². The SMILES string of the molecule is CCOc1ccc(N2C(=O)c3ccccc3C2Nc2ccc(F)c(Cl)c2)cc1. The number of hydrogen-bond acceptors (Lipinski definition) is 3. The Labute approximate surface area is 167 Å². The first-order valence-corrected chi connectivity index (χ1v) is 9.33. The first-order chi connectivity index (χ1) is 13.6. The van der Waals surface area contributed by atoms with Gasteiger partial charge in [-0.1, -0.05) is 29.8 Å². The molecule has 0 aromatic heterocycles. The number of fused-ring (bicyclic) bond motifs is 1. The van der Waals surface area contributed by atoms with Crippen molar-refractivity contribution in [2.45, 2.75) is 13.1 Å². The lowest BCUT2D eigenvalue weighted by Gasteiger charge is -2.27. The number of carbonyl (C=O) groups is 1. The summed E-state index contributed by atoms with van der Waals surface area (Å²) in [4.78, 5) is 14.8. The molecule has 0 radical (unpaired) electrons. The third-order valence-electron chi connectivity index (χ3n) is 4.61. The molecule has 1 N–H and O–H groups in total. The lowest BCUT2D eigenvalue weighted by atomic mass is 10.1. The number of amides is 1. The van der Waals surface area contributed by atoms with Gasteiger partial charge in [0, 0.05) is 22.5 Å². The van der Waals surface area contributed by atoms with Crippen molar-refractivity contribution in [1.82, 2.24) is 0 Å². The van der Waals surface area contributed by atoms with Gasteiger partial charge in [0.25, 0.3) is 5.91 Å². The Balaban J connectivity index is 1.72. The maximum Gasteiger partial charge on any atom is 0.260 e. The number of rotatable bonds is 5. The number of nitrogens with zero attached hydrogens (tertiary/aromatic N) is 1. The summed E-state index contributed by atoms with van der Waals surface area (Å²) in [6.45, 7) is 2.49. The minimum absolute atomic E-state index is 0.0234. The molecule has 3 aromatic rings. The molecule has 0 aliphatic carbocycles. The Kier molecular flexibility index (Phi) is 4.92. The normalized spacial score (nSPS) is 15.5. The molecule has 0 bridgehead atoms. The number of benzene rings is 3. The van der Waals surface area contributed by atoms with Crippen LogP contribution in [0.15, 0.2) is 66.7 Å². The lowest BCUT2D eigenvalue weighted by molar-refractivity contribution is 0.0993. The fourth-order valence-electron chi connectivity index (χ4n) is 3.34. The summed E-state index contributed by atoms with van der Waals surface area (Å²) in [5.74, 6) is 0.147. The second-order valence-electron chi connectivity index (χ2n) is 6.37. The Bertz CT molecular complexity index is 1020. The summed E-state index contributed by atoms with van der Waals surface area (Å²) in [6.07, 6.45) is -0.442. The Morgan fingerprint density at radius 1 is 1.11 bits per heavy atom. The van der Waals surface area contributed by atoms with E-state index in [9.17, 15) is 9.18 Å². The molecule has 0 saturated carbocycles. The maximum atomic E-state index is 13.5. The maximum absolute atomic E-state index is 13.5. The van der Waals surface area contributed by atoms with Gasteiger partial charge in [0.1, 0.15) is 17.7 Å². The highest BCUT2D eigenvalue weighted by Crippen LogP contribution is 2.38. The minimum Gasteiger partial charge on any atom is -0.494 e. The highest BCUT2D eigenvalue weighted by Gasteiger charge is 2.37. The van der Waals surface area contributed by atoms with Crippen LogP contribution in [-0.4, -0.2) is 12.5 Å².